The molecule has 0 saturated carbocycles. The second kappa shape index (κ2) is 7.86. The van der Waals surface area contributed by atoms with Crippen LogP contribution in [-0.2, 0) is 0 Å². The maximum absolute atomic E-state index is 12.5. The van der Waals surface area contributed by atoms with Crippen LogP contribution < -0.4 is 15.4 Å². The highest BCUT2D eigenvalue weighted by atomic mass is 16.5. The van der Waals surface area contributed by atoms with Crippen LogP contribution in [0.25, 0.3) is 0 Å². The first-order valence-electron chi connectivity index (χ1n) is 8.60. The molecule has 1 heterocycles. The number of amides is 1. The molecule has 0 unspecified atom stereocenters. The lowest BCUT2D eigenvalue weighted by atomic mass is 10.1. The molecule has 1 amide bonds. The van der Waals surface area contributed by atoms with E-state index in [1.54, 1.807) is 19.2 Å². The summed E-state index contributed by atoms with van der Waals surface area (Å²) in [6.45, 7) is 6.00. The Morgan fingerprint density at radius 1 is 0.889 bits per heavy atom. The van der Waals surface area contributed by atoms with Gasteiger partial charge in [-0.1, -0.05) is 18.2 Å². The first-order chi connectivity index (χ1) is 13.0. The van der Waals surface area contributed by atoms with Crippen molar-refractivity contribution < 1.29 is 9.53 Å². The summed E-state index contributed by atoms with van der Waals surface area (Å²) < 4.78 is 5.28. The van der Waals surface area contributed by atoms with Crippen molar-refractivity contribution in [1.29, 1.82) is 0 Å². The Kier molecular flexibility index (Phi) is 5.35. The summed E-state index contributed by atoms with van der Waals surface area (Å²) in [6.07, 6.45) is 0. The van der Waals surface area contributed by atoms with Gasteiger partial charge in [0.05, 0.1) is 12.8 Å². The molecule has 0 atom stereocenters. The van der Waals surface area contributed by atoms with Crippen molar-refractivity contribution in [3.05, 3.63) is 70.9 Å². The van der Waals surface area contributed by atoms with Gasteiger partial charge in [-0.25, -0.2) is 0 Å². The molecule has 0 aliphatic heterocycles. The van der Waals surface area contributed by atoms with Crippen LogP contribution in [0.1, 0.15) is 27.2 Å². The molecule has 1 aromatic heterocycles. The summed E-state index contributed by atoms with van der Waals surface area (Å²) in [4.78, 5) is 12.5. The lowest BCUT2D eigenvalue weighted by molar-refractivity contribution is 0.102. The Hall–Kier alpha value is -3.41. The molecule has 3 aromatic rings. The van der Waals surface area contributed by atoms with E-state index in [0.29, 0.717) is 17.3 Å². The van der Waals surface area contributed by atoms with Gasteiger partial charge in [0.1, 0.15) is 5.75 Å². The van der Waals surface area contributed by atoms with E-state index in [1.807, 2.05) is 51.1 Å². The second-order valence-corrected chi connectivity index (χ2v) is 6.41. The van der Waals surface area contributed by atoms with E-state index in [0.717, 1.165) is 22.4 Å². The highest BCUT2D eigenvalue weighted by Crippen LogP contribution is 2.26. The lowest BCUT2D eigenvalue weighted by Crippen LogP contribution is -2.15. The monoisotopic (exact) mass is 362 g/mol. The lowest BCUT2D eigenvalue weighted by Gasteiger charge is -2.11. The largest absolute Gasteiger partial charge is 0.495 e. The van der Waals surface area contributed by atoms with Gasteiger partial charge in [0.25, 0.3) is 5.91 Å². The van der Waals surface area contributed by atoms with Crippen molar-refractivity contribution in [2.45, 2.75) is 20.8 Å². The number of ether oxygens (including phenoxy) is 1. The zero-order valence-electron chi connectivity index (χ0n) is 15.8. The average molecular weight is 362 g/mol. The number of benzene rings is 2. The predicted molar refractivity (Wildman–Crippen MR) is 107 cm³/mol. The fourth-order valence-electron chi connectivity index (χ4n) is 2.63. The number of aryl methyl sites for hydroxylation is 3. The fourth-order valence-corrected chi connectivity index (χ4v) is 2.63. The number of hydrogen-bond acceptors (Lipinski definition) is 5. The number of anilines is 3. The third kappa shape index (κ3) is 4.41. The van der Waals surface area contributed by atoms with Gasteiger partial charge in [-0.2, -0.15) is 0 Å². The van der Waals surface area contributed by atoms with Crippen LogP contribution in [0.4, 0.5) is 17.2 Å². The maximum Gasteiger partial charge on any atom is 0.276 e. The number of nitrogens with one attached hydrogen (secondary N) is 2. The van der Waals surface area contributed by atoms with Crippen LogP contribution in [0.3, 0.4) is 0 Å². The zero-order chi connectivity index (χ0) is 19.4. The summed E-state index contributed by atoms with van der Waals surface area (Å²) in [5, 5.41) is 14.2. The van der Waals surface area contributed by atoms with Gasteiger partial charge in [0.2, 0.25) is 0 Å². The number of aromatic nitrogens is 2. The Morgan fingerprint density at radius 2 is 1.59 bits per heavy atom. The summed E-state index contributed by atoms with van der Waals surface area (Å²) in [5.41, 5.74) is 5.07. The molecule has 0 fully saturated rings. The van der Waals surface area contributed by atoms with E-state index in [1.165, 1.54) is 0 Å². The molecule has 138 valence electrons. The maximum atomic E-state index is 12.5. The van der Waals surface area contributed by atoms with Crippen LogP contribution in [0, 0.1) is 20.8 Å². The van der Waals surface area contributed by atoms with Crippen molar-refractivity contribution in [3.8, 4) is 5.75 Å². The van der Waals surface area contributed by atoms with Gasteiger partial charge in [0, 0.05) is 5.69 Å². The zero-order valence-corrected chi connectivity index (χ0v) is 15.8. The molecule has 0 aliphatic carbocycles. The number of hydrogen-bond donors (Lipinski definition) is 2. The molecular formula is C21H22N4O2. The van der Waals surface area contributed by atoms with Gasteiger partial charge in [-0.05, 0) is 67.8 Å². The van der Waals surface area contributed by atoms with Crippen molar-refractivity contribution in [2.24, 2.45) is 0 Å². The summed E-state index contributed by atoms with van der Waals surface area (Å²) >= 11 is 0. The Balaban J connectivity index is 1.74. The predicted octanol–water partition coefficient (Wildman–Crippen LogP) is 4.41. The Bertz CT molecular complexity index is 968. The highest BCUT2D eigenvalue weighted by molar-refractivity contribution is 6.03. The summed E-state index contributed by atoms with van der Waals surface area (Å²) in [5.74, 6) is 0.827. The van der Waals surface area contributed by atoms with Gasteiger partial charge in [-0.3, -0.25) is 4.79 Å². The summed E-state index contributed by atoms with van der Waals surface area (Å²) in [7, 11) is 1.56. The van der Waals surface area contributed by atoms with Crippen molar-refractivity contribution in [1.82, 2.24) is 10.2 Å². The number of methoxy groups -OCH3 is 1. The number of carbonyl (C=O) groups excluding carboxylic acids is 1. The molecule has 0 aliphatic rings. The first kappa shape index (κ1) is 18.4. The van der Waals surface area contributed by atoms with Gasteiger partial charge in [0.15, 0.2) is 11.5 Å². The third-order valence-electron chi connectivity index (χ3n) is 4.16. The fraction of sp³-hybridized carbons (Fsp3) is 0.190. The molecule has 2 aromatic carbocycles. The van der Waals surface area contributed by atoms with Gasteiger partial charge < -0.3 is 15.4 Å². The van der Waals surface area contributed by atoms with E-state index >= 15 is 0 Å². The van der Waals surface area contributed by atoms with E-state index in [9.17, 15) is 4.79 Å². The van der Waals surface area contributed by atoms with Crippen LogP contribution in [-0.4, -0.2) is 23.2 Å². The van der Waals surface area contributed by atoms with Crippen LogP contribution in [0.2, 0.25) is 0 Å². The smallest absolute Gasteiger partial charge is 0.276 e. The average Bonchev–Trinajstić information content (AvgIpc) is 2.65. The first-order valence-corrected chi connectivity index (χ1v) is 8.60. The number of carbonyl (C=O) groups is 1. The molecule has 27 heavy (non-hydrogen) atoms. The van der Waals surface area contributed by atoms with E-state index in [2.05, 4.69) is 26.9 Å². The molecule has 3 rings (SSSR count). The molecular weight excluding hydrogens is 340 g/mol. The highest BCUT2D eigenvalue weighted by Gasteiger charge is 2.12. The quantitative estimate of drug-likeness (QED) is 0.703. The van der Waals surface area contributed by atoms with Gasteiger partial charge in [-0.15, -0.1) is 10.2 Å². The van der Waals surface area contributed by atoms with E-state index in [4.69, 9.17) is 4.74 Å². The molecule has 0 saturated heterocycles. The molecule has 0 radical (unpaired) electrons. The minimum atomic E-state index is -0.343. The minimum Gasteiger partial charge on any atom is -0.495 e. The molecule has 6 nitrogen and oxygen atoms in total. The van der Waals surface area contributed by atoms with Crippen molar-refractivity contribution in [2.75, 3.05) is 17.7 Å². The normalized spacial score (nSPS) is 10.4. The molecule has 2 N–H and O–H groups in total. The van der Waals surface area contributed by atoms with Crippen LogP contribution >= 0.6 is 0 Å². The Morgan fingerprint density at radius 3 is 2.26 bits per heavy atom. The number of rotatable bonds is 5. The standard InChI is InChI=1S/C21H22N4O2/c1-13-5-7-15(3)17(11-13)22-20-10-8-16(24-25-20)21(26)23-18-12-14(2)6-9-19(18)27-4/h5-12H,1-4H3,(H,22,25)(H,23,26). The topological polar surface area (TPSA) is 76.1 Å². The van der Waals surface area contributed by atoms with Gasteiger partial charge >= 0.3 is 0 Å². The third-order valence-corrected chi connectivity index (χ3v) is 4.16. The number of nitrogens with zero attached hydrogens (tertiary/aromatic N) is 2. The molecule has 6 heteroatoms. The summed E-state index contributed by atoms with van der Waals surface area (Å²) in [6, 6.07) is 15.1. The van der Waals surface area contributed by atoms with Crippen LogP contribution in [0.15, 0.2) is 48.5 Å². The molecule has 0 bridgehead atoms. The van der Waals surface area contributed by atoms with Crippen LogP contribution in [0.5, 0.6) is 5.75 Å². The van der Waals surface area contributed by atoms with E-state index in [-0.39, 0.29) is 11.6 Å². The van der Waals surface area contributed by atoms with E-state index < -0.39 is 0 Å². The van der Waals surface area contributed by atoms with Crippen molar-refractivity contribution >= 4 is 23.1 Å². The second-order valence-electron chi connectivity index (χ2n) is 6.41. The SMILES string of the molecule is COc1ccc(C)cc1NC(=O)c1ccc(Nc2cc(C)ccc2C)nn1. The molecule has 0 spiro atoms. The minimum absolute atomic E-state index is 0.227. The Labute approximate surface area is 158 Å². The van der Waals surface area contributed by atoms with Crippen molar-refractivity contribution in [3.63, 3.8) is 0 Å².